The maximum Gasteiger partial charge on any atom is 0.261 e. The van der Waals surface area contributed by atoms with Crippen molar-refractivity contribution in [3.63, 3.8) is 0 Å². The number of carbonyl (C=O) groups is 1. The highest BCUT2D eigenvalue weighted by molar-refractivity contribution is 7.09. The first kappa shape index (κ1) is 23.2. The number of fused-ring (bicyclic) bond motifs is 1. The smallest absolute Gasteiger partial charge is 0.261 e. The number of carbonyl (C=O) groups excluding carboxylic acids is 1. The highest BCUT2D eigenvalue weighted by Crippen LogP contribution is 2.30. The molecule has 0 aliphatic carbocycles. The fraction of sp³-hybridized carbons (Fsp3) is 0.280. The third-order valence-corrected chi connectivity index (χ3v) is 6.69. The van der Waals surface area contributed by atoms with Crippen LogP contribution in [0.15, 0.2) is 52.6 Å². The Morgan fingerprint density at radius 1 is 1.14 bits per heavy atom. The number of morpholine rings is 1. The molecule has 2 aromatic heterocycles. The number of benzene rings is 2. The van der Waals surface area contributed by atoms with Crippen LogP contribution in [0, 0.1) is 0 Å². The lowest BCUT2D eigenvalue weighted by atomic mass is 10.1. The van der Waals surface area contributed by atoms with Gasteiger partial charge in [0, 0.05) is 31.0 Å². The Bertz CT molecular complexity index is 1440. The number of aromatic hydroxyl groups is 1. The van der Waals surface area contributed by atoms with Crippen LogP contribution in [-0.4, -0.2) is 56.8 Å². The summed E-state index contributed by atoms with van der Waals surface area (Å²) >= 11 is 1.45. The summed E-state index contributed by atoms with van der Waals surface area (Å²) in [6.45, 7) is 5.17. The molecule has 9 nitrogen and oxygen atoms in total. The van der Waals surface area contributed by atoms with Crippen LogP contribution in [0.5, 0.6) is 5.75 Å². The molecule has 35 heavy (non-hydrogen) atoms. The molecule has 1 aliphatic rings. The SMILES string of the molecule is CC(=O)Nc1cc(-c2csc(Cn3c(CN4CCOCC4)nc4ccccc4c3=O)n2)ccc1O. The van der Waals surface area contributed by atoms with Crippen LogP contribution in [-0.2, 0) is 22.6 Å². The Morgan fingerprint density at radius 2 is 1.94 bits per heavy atom. The van der Waals surface area contributed by atoms with Crippen molar-refractivity contribution in [3.05, 3.63) is 69.0 Å². The second kappa shape index (κ2) is 9.95. The van der Waals surface area contributed by atoms with Gasteiger partial charge in [0.2, 0.25) is 5.91 Å². The van der Waals surface area contributed by atoms with Gasteiger partial charge in [0.15, 0.2) is 0 Å². The van der Waals surface area contributed by atoms with Gasteiger partial charge in [0.25, 0.3) is 5.56 Å². The number of hydrogen-bond donors (Lipinski definition) is 2. The van der Waals surface area contributed by atoms with Gasteiger partial charge in [0.1, 0.15) is 16.6 Å². The van der Waals surface area contributed by atoms with E-state index in [1.54, 1.807) is 22.8 Å². The molecule has 2 N–H and O–H groups in total. The minimum absolute atomic E-state index is 0.0130. The minimum Gasteiger partial charge on any atom is -0.506 e. The number of amides is 1. The topological polar surface area (TPSA) is 110 Å². The average Bonchev–Trinajstić information content (AvgIpc) is 3.32. The predicted octanol–water partition coefficient (Wildman–Crippen LogP) is 3.06. The quantitative estimate of drug-likeness (QED) is 0.399. The van der Waals surface area contributed by atoms with Crippen LogP contribution in [0.1, 0.15) is 17.8 Å². The molecule has 1 amide bonds. The van der Waals surface area contributed by atoms with Crippen LogP contribution in [0.3, 0.4) is 0 Å². The Labute approximate surface area is 205 Å². The molecule has 3 heterocycles. The first-order valence-corrected chi connectivity index (χ1v) is 12.2. The zero-order valence-electron chi connectivity index (χ0n) is 19.2. The summed E-state index contributed by atoms with van der Waals surface area (Å²) in [6.07, 6.45) is 0. The summed E-state index contributed by atoms with van der Waals surface area (Å²) < 4.78 is 7.17. The molecule has 0 radical (unpaired) electrons. The molecule has 0 unspecified atom stereocenters. The molecule has 0 bridgehead atoms. The minimum atomic E-state index is -0.271. The summed E-state index contributed by atoms with van der Waals surface area (Å²) in [5.74, 6) is 0.415. The van der Waals surface area contributed by atoms with Crippen LogP contribution < -0.4 is 10.9 Å². The van der Waals surface area contributed by atoms with Gasteiger partial charge in [-0.2, -0.15) is 0 Å². The first-order chi connectivity index (χ1) is 17.0. The molecule has 1 saturated heterocycles. The number of rotatable bonds is 6. The van der Waals surface area contributed by atoms with Crippen molar-refractivity contribution < 1.29 is 14.6 Å². The first-order valence-electron chi connectivity index (χ1n) is 11.3. The summed E-state index contributed by atoms with van der Waals surface area (Å²) in [7, 11) is 0. The largest absolute Gasteiger partial charge is 0.506 e. The van der Waals surface area contributed by atoms with Gasteiger partial charge < -0.3 is 15.2 Å². The fourth-order valence-electron chi connectivity index (χ4n) is 4.09. The lowest BCUT2D eigenvalue weighted by Gasteiger charge is -2.27. The third-order valence-electron chi connectivity index (χ3n) is 5.86. The van der Waals surface area contributed by atoms with Crippen molar-refractivity contribution >= 4 is 33.8 Å². The summed E-state index contributed by atoms with van der Waals surface area (Å²) in [4.78, 5) is 36.7. The Morgan fingerprint density at radius 3 is 2.74 bits per heavy atom. The molecule has 1 aliphatic heterocycles. The Kier molecular flexibility index (Phi) is 6.58. The summed E-state index contributed by atoms with van der Waals surface area (Å²) in [6, 6.07) is 12.3. The van der Waals surface area contributed by atoms with E-state index in [0.29, 0.717) is 54.4 Å². The number of ether oxygens (including phenoxy) is 1. The van der Waals surface area contributed by atoms with Crippen molar-refractivity contribution in [1.29, 1.82) is 0 Å². The average molecular weight is 492 g/mol. The van der Waals surface area contributed by atoms with Crippen molar-refractivity contribution in [2.24, 2.45) is 0 Å². The molecule has 0 saturated carbocycles. The standard InChI is InChI=1S/C25H25N5O4S/c1-16(31)26-20-12-17(6-7-22(20)32)21-15-35-24(28-21)14-30-23(13-29-8-10-34-11-9-29)27-19-5-3-2-4-18(19)25(30)33/h2-7,12,15,32H,8-11,13-14H2,1H3,(H,26,31). The van der Waals surface area contributed by atoms with Crippen LogP contribution in [0.4, 0.5) is 5.69 Å². The number of aromatic nitrogens is 3. The second-order valence-electron chi connectivity index (χ2n) is 8.36. The van der Waals surface area contributed by atoms with Gasteiger partial charge >= 0.3 is 0 Å². The molecular weight excluding hydrogens is 466 g/mol. The number of phenolic OH excluding ortho intramolecular Hbond substituents is 1. The van der Waals surface area contributed by atoms with Gasteiger partial charge in [-0.25, -0.2) is 9.97 Å². The van der Waals surface area contributed by atoms with E-state index in [2.05, 4.69) is 10.2 Å². The van der Waals surface area contributed by atoms with Gasteiger partial charge in [-0.15, -0.1) is 11.3 Å². The van der Waals surface area contributed by atoms with E-state index in [1.165, 1.54) is 24.3 Å². The van der Waals surface area contributed by atoms with E-state index in [4.69, 9.17) is 14.7 Å². The van der Waals surface area contributed by atoms with Crippen molar-refractivity contribution in [2.45, 2.75) is 20.0 Å². The van der Waals surface area contributed by atoms with E-state index >= 15 is 0 Å². The number of hydrogen-bond acceptors (Lipinski definition) is 8. The number of para-hydroxylation sites is 1. The predicted molar refractivity (Wildman–Crippen MR) is 135 cm³/mol. The molecule has 5 rings (SSSR count). The van der Waals surface area contributed by atoms with E-state index in [9.17, 15) is 14.7 Å². The zero-order valence-corrected chi connectivity index (χ0v) is 20.0. The normalized spacial score (nSPS) is 14.3. The number of nitrogens with zero attached hydrogens (tertiary/aromatic N) is 4. The molecule has 0 atom stereocenters. The van der Waals surface area contributed by atoms with Gasteiger partial charge in [-0.05, 0) is 30.3 Å². The van der Waals surface area contributed by atoms with Gasteiger partial charge in [-0.1, -0.05) is 12.1 Å². The van der Waals surface area contributed by atoms with Crippen molar-refractivity contribution in [2.75, 3.05) is 31.6 Å². The molecule has 0 spiro atoms. The van der Waals surface area contributed by atoms with Crippen LogP contribution >= 0.6 is 11.3 Å². The number of nitrogens with one attached hydrogen (secondary N) is 1. The lowest BCUT2D eigenvalue weighted by Crippen LogP contribution is -2.38. The van der Waals surface area contributed by atoms with E-state index in [-0.39, 0.29) is 17.2 Å². The molecular formula is C25H25N5O4S. The summed E-state index contributed by atoms with van der Waals surface area (Å²) in [5.41, 5.74) is 2.38. The second-order valence-corrected chi connectivity index (χ2v) is 9.31. The van der Waals surface area contributed by atoms with Gasteiger partial charge in [-0.3, -0.25) is 19.1 Å². The fourth-order valence-corrected chi connectivity index (χ4v) is 4.88. The van der Waals surface area contributed by atoms with Crippen LogP contribution in [0.2, 0.25) is 0 Å². The highest BCUT2D eigenvalue weighted by Gasteiger charge is 2.18. The number of anilines is 1. The maximum atomic E-state index is 13.4. The Hall–Kier alpha value is -3.60. The van der Waals surface area contributed by atoms with Crippen molar-refractivity contribution in [1.82, 2.24) is 19.4 Å². The molecule has 180 valence electrons. The highest BCUT2D eigenvalue weighted by atomic mass is 32.1. The lowest BCUT2D eigenvalue weighted by molar-refractivity contribution is -0.114. The van der Waals surface area contributed by atoms with E-state index in [0.717, 1.165) is 23.7 Å². The number of phenols is 1. The maximum absolute atomic E-state index is 13.4. The van der Waals surface area contributed by atoms with Gasteiger partial charge in [0.05, 0.1) is 48.6 Å². The van der Waals surface area contributed by atoms with E-state index < -0.39 is 0 Å². The third kappa shape index (κ3) is 5.09. The Balaban J connectivity index is 1.48. The summed E-state index contributed by atoms with van der Waals surface area (Å²) in [5, 5.41) is 15.9. The monoisotopic (exact) mass is 491 g/mol. The van der Waals surface area contributed by atoms with E-state index in [1.807, 2.05) is 23.6 Å². The molecule has 1 fully saturated rings. The molecule has 10 heteroatoms. The number of thiazole rings is 1. The molecule has 2 aromatic carbocycles. The molecule has 4 aromatic rings. The zero-order chi connectivity index (χ0) is 24.4. The van der Waals surface area contributed by atoms with Crippen LogP contribution in [0.25, 0.3) is 22.2 Å². The van der Waals surface area contributed by atoms with Crippen molar-refractivity contribution in [3.8, 4) is 17.0 Å².